The van der Waals surface area contributed by atoms with Crippen molar-refractivity contribution in [3.05, 3.63) is 60.9 Å². The Morgan fingerprint density at radius 1 is 1.03 bits per heavy atom. The van der Waals surface area contributed by atoms with Crippen LogP contribution >= 0.6 is 0 Å². The number of nitrogens with one attached hydrogen (secondary N) is 1. The summed E-state index contributed by atoms with van der Waals surface area (Å²) in [6, 6.07) is 10.8. The van der Waals surface area contributed by atoms with Gasteiger partial charge in [-0.2, -0.15) is 4.98 Å². The molecule has 2 aliphatic rings. The maximum absolute atomic E-state index is 6.53. The Hall–Kier alpha value is -3.92. The van der Waals surface area contributed by atoms with Crippen molar-refractivity contribution < 1.29 is 14.2 Å². The topological polar surface area (TPSA) is 99.5 Å². The van der Waals surface area contributed by atoms with Crippen LogP contribution in [-0.2, 0) is 18.4 Å². The third-order valence-electron chi connectivity index (χ3n) is 7.23. The number of rotatable bonds is 8. The summed E-state index contributed by atoms with van der Waals surface area (Å²) in [5, 5.41) is 5.68. The Morgan fingerprint density at radius 3 is 2.58 bits per heavy atom. The van der Waals surface area contributed by atoms with Gasteiger partial charge in [0.2, 0.25) is 11.8 Å². The summed E-state index contributed by atoms with van der Waals surface area (Å²) in [7, 11) is 1.94. The summed E-state index contributed by atoms with van der Waals surface area (Å²) in [4.78, 5) is 20.4. The van der Waals surface area contributed by atoms with E-state index in [1.54, 1.807) is 18.6 Å². The number of aromatic nitrogens is 5. The lowest BCUT2D eigenvalue weighted by Gasteiger charge is -2.31. The molecule has 0 unspecified atom stereocenters. The highest BCUT2D eigenvalue weighted by atomic mass is 16.5. The van der Waals surface area contributed by atoms with Gasteiger partial charge in [-0.05, 0) is 43.2 Å². The summed E-state index contributed by atoms with van der Waals surface area (Å²) in [5.74, 6) is 3.77. The number of pyridine rings is 1. The molecule has 4 heterocycles. The van der Waals surface area contributed by atoms with E-state index in [1.807, 2.05) is 23.9 Å². The van der Waals surface area contributed by atoms with Crippen LogP contribution in [-0.4, -0.2) is 63.0 Å². The fourth-order valence-corrected chi connectivity index (χ4v) is 5.01. The van der Waals surface area contributed by atoms with E-state index in [0.717, 1.165) is 80.3 Å². The molecule has 10 nitrogen and oxygen atoms in total. The molecule has 2 fully saturated rings. The number of hydrogen-bond acceptors (Lipinski definition) is 9. The zero-order valence-corrected chi connectivity index (χ0v) is 21.6. The van der Waals surface area contributed by atoms with Crippen molar-refractivity contribution in [2.75, 3.05) is 36.5 Å². The molecule has 0 radical (unpaired) electrons. The van der Waals surface area contributed by atoms with Crippen molar-refractivity contribution in [2.45, 2.75) is 44.4 Å². The van der Waals surface area contributed by atoms with E-state index in [4.69, 9.17) is 19.2 Å². The van der Waals surface area contributed by atoms with Crippen LogP contribution in [0.3, 0.4) is 0 Å². The molecule has 1 saturated carbocycles. The molecular formula is C28H33N7O3. The van der Waals surface area contributed by atoms with Crippen molar-refractivity contribution in [1.29, 1.82) is 0 Å². The fraction of sp³-hybridized carbons (Fsp3) is 0.429. The fourth-order valence-electron chi connectivity index (χ4n) is 5.01. The number of imidazole rings is 1. The summed E-state index contributed by atoms with van der Waals surface area (Å²) in [6.07, 6.45) is 11.0. The number of hydrogen-bond donors (Lipinski definition) is 1. The van der Waals surface area contributed by atoms with Crippen molar-refractivity contribution >= 4 is 22.5 Å². The van der Waals surface area contributed by atoms with Crippen LogP contribution in [0.25, 0.3) is 10.8 Å². The minimum Gasteiger partial charge on any atom is -0.482 e. The molecule has 0 spiro atoms. The first-order chi connectivity index (χ1) is 18.7. The lowest BCUT2D eigenvalue weighted by atomic mass is 9.93. The third-order valence-corrected chi connectivity index (χ3v) is 7.23. The molecule has 0 bridgehead atoms. The maximum atomic E-state index is 6.53. The Bertz CT molecular complexity index is 1350. The normalized spacial score (nSPS) is 19.9. The first kappa shape index (κ1) is 24.4. The highest BCUT2D eigenvalue weighted by molar-refractivity contribution is 5.89. The molecule has 10 heteroatoms. The first-order valence-corrected chi connectivity index (χ1v) is 13.3. The van der Waals surface area contributed by atoms with Gasteiger partial charge in [-0.1, -0.05) is 18.2 Å². The Balaban J connectivity index is 1.04. The van der Waals surface area contributed by atoms with Gasteiger partial charge in [-0.3, -0.25) is 0 Å². The molecule has 3 aromatic heterocycles. The van der Waals surface area contributed by atoms with E-state index >= 15 is 0 Å². The Kier molecular flexibility index (Phi) is 7.21. The van der Waals surface area contributed by atoms with E-state index < -0.39 is 0 Å². The Labute approximate surface area is 222 Å². The number of ether oxygens (including phenoxy) is 3. The highest BCUT2D eigenvalue weighted by Crippen LogP contribution is 2.32. The zero-order chi connectivity index (χ0) is 25.7. The van der Waals surface area contributed by atoms with Gasteiger partial charge in [0.15, 0.2) is 5.75 Å². The number of morpholine rings is 1. The molecule has 0 amide bonds. The number of benzene rings is 1. The predicted molar refractivity (Wildman–Crippen MR) is 145 cm³/mol. The first-order valence-electron chi connectivity index (χ1n) is 13.3. The van der Waals surface area contributed by atoms with Crippen molar-refractivity contribution in [1.82, 2.24) is 24.5 Å². The highest BCUT2D eigenvalue weighted by Gasteiger charge is 2.25. The number of nitrogens with zero attached hydrogens (tertiary/aromatic N) is 6. The molecule has 198 valence electrons. The lowest BCUT2D eigenvalue weighted by Crippen LogP contribution is -2.37. The van der Waals surface area contributed by atoms with Crippen molar-refractivity contribution in [3.63, 3.8) is 0 Å². The van der Waals surface area contributed by atoms with Crippen molar-refractivity contribution in [3.8, 4) is 11.6 Å². The second-order valence-corrected chi connectivity index (χ2v) is 9.83. The smallest absolute Gasteiger partial charge is 0.223 e. The predicted octanol–water partition coefficient (Wildman–Crippen LogP) is 3.98. The van der Waals surface area contributed by atoms with Crippen LogP contribution in [0, 0.1) is 0 Å². The van der Waals surface area contributed by atoms with Crippen molar-refractivity contribution in [2.24, 2.45) is 7.05 Å². The standard InChI is InChI=1S/C28H33N7O3/c1-34-11-10-29-26(34)19-37-23-17-30-28(31-18-23)32-21-6-8-22(9-7-21)38-27-24-5-3-2-4-20(24)16-25(33-27)35-12-14-36-15-13-35/h2-5,10-11,16-18,21-22H,6-9,12-15,19H2,1H3,(H,30,31,32). The number of anilines is 2. The van der Waals surface area contributed by atoms with Crippen LogP contribution in [0.15, 0.2) is 55.1 Å². The zero-order valence-electron chi connectivity index (χ0n) is 21.6. The second-order valence-electron chi connectivity index (χ2n) is 9.83. The summed E-state index contributed by atoms with van der Waals surface area (Å²) in [6.45, 7) is 3.53. The molecule has 6 rings (SSSR count). The molecule has 1 saturated heterocycles. The average Bonchev–Trinajstić information content (AvgIpc) is 3.38. The van der Waals surface area contributed by atoms with Gasteiger partial charge in [0.1, 0.15) is 24.4 Å². The van der Waals surface area contributed by atoms with Crippen LogP contribution in [0.4, 0.5) is 11.8 Å². The molecule has 1 aromatic carbocycles. The summed E-state index contributed by atoms with van der Waals surface area (Å²) >= 11 is 0. The van der Waals surface area contributed by atoms with Crippen LogP contribution in [0.1, 0.15) is 31.5 Å². The number of aryl methyl sites for hydroxylation is 1. The maximum Gasteiger partial charge on any atom is 0.223 e. The van der Waals surface area contributed by atoms with Crippen LogP contribution < -0.4 is 19.7 Å². The third kappa shape index (κ3) is 5.65. The lowest BCUT2D eigenvalue weighted by molar-refractivity contribution is 0.122. The van der Waals surface area contributed by atoms with E-state index in [-0.39, 0.29) is 6.10 Å². The van der Waals surface area contributed by atoms with Crippen LogP contribution in [0.5, 0.6) is 11.6 Å². The van der Waals surface area contributed by atoms with Gasteiger partial charge in [0, 0.05) is 44.0 Å². The van der Waals surface area contributed by atoms with Gasteiger partial charge in [-0.15, -0.1) is 0 Å². The minimum absolute atomic E-state index is 0.131. The van der Waals surface area contributed by atoms with E-state index in [9.17, 15) is 0 Å². The molecule has 1 aliphatic heterocycles. The Morgan fingerprint density at radius 2 is 1.82 bits per heavy atom. The average molecular weight is 516 g/mol. The van der Waals surface area contributed by atoms with Gasteiger partial charge < -0.3 is 29.0 Å². The van der Waals surface area contributed by atoms with E-state index in [1.165, 1.54) is 0 Å². The summed E-state index contributed by atoms with van der Waals surface area (Å²) in [5.41, 5.74) is 0. The molecule has 1 N–H and O–H groups in total. The summed E-state index contributed by atoms with van der Waals surface area (Å²) < 4.78 is 19.7. The van der Waals surface area contributed by atoms with Gasteiger partial charge in [0.25, 0.3) is 0 Å². The molecule has 0 atom stereocenters. The van der Waals surface area contributed by atoms with Gasteiger partial charge in [0.05, 0.1) is 25.6 Å². The van der Waals surface area contributed by atoms with Gasteiger partial charge >= 0.3 is 0 Å². The quantitative estimate of drug-likeness (QED) is 0.374. The monoisotopic (exact) mass is 515 g/mol. The second kappa shape index (κ2) is 11.2. The molecule has 4 aromatic rings. The van der Waals surface area contributed by atoms with E-state index in [2.05, 4.69) is 49.4 Å². The van der Waals surface area contributed by atoms with Crippen LogP contribution in [0.2, 0.25) is 0 Å². The molecular weight excluding hydrogens is 482 g/mol. The molecule has 38 heavy (non-hydrogen) atoms. The minimum atomic E-state index is 0.131. The SMILES string of the molecule is Cn1ccnc1COc1cnc(NC2CCC(Oc3nc(N4CCOCC4)cc4ccccc34)CC2)nc1. The largest absolute Gasteiger partial charge is 0.482 e. The number of fused-ring (bicyclic) bond motifs is 1. The molecule has 1 aliphatic carbocycles. The van der Waals surface area contributed by atoms with E-state index in [0.29, 0.717) is 24.3 Å². The van der Waals surface area contributed by atoms with Gasteiger partial charge in [-0.25, -0.2) is 15.0 Å².